The van der Waals surface area contributed by atoms with E-state index in [1.807, 2.05) is 6.92 Å². The van der Waals surface area contributed by atoms with Gasteiger partial charge in [-0.3, -0.25) is 4.79 Å². The fourth-order valence-electron chi connectivity index (χ4n) is 2.90. The molecule has 0 bridgehead atoms. The molecule has 1 unspecified atom stereocenters. The van der Waals surface area contributed by atoms with Gasteiger partial charge in [-0.1, -0.05) is 0 Å². The molecular formula is C18H26FN3O5S. The summed E-state index contributed by atoms with van der Waals surface area (Å²) in [7, 11) is -3.78. The first-order chi connectivity index (χ1) is 13.3. The topological polar surface area (TPSA) is 105 Å². The summed E-state index contributed by atoms with van der Waals surface area (Å²) in [4.78, 5) is 23.5. The normalized spacial score (nSPS) is 17.7. The Bertz CT molecular complexity index is 770. The van der Waals surface area contributed by atoms with Gasteiger partial charge in [0.15, 0.2) is 0 Å². The predicted octanol–water partition coefficient (Wildman–Crippen LogP) is 1.48. The number of rotatable bonds is 8. The van der Waals surface area contributed by atoms with Gasteiger partial charge in [0.25, 0.3) is 0 Å². The molecule has 0 radical (unpaired) electrons. The number of amides is 2. The van der Waals surface area contributed by atoms with E-state index < -0.39 is 27.7 Å². The largest absolute Gasteiger partial charge is 0.465 e. The van der Waals surface area contributed by atoms with Crippen molar-refractivity contribution in [2.75, 3.05) is 32.8 Å². The smallest absolute Gasteiger partial charge is 0.314 e. The number of urea groups is 1. The van der Waals surface area contributed by atoms with E-state index in [4.69, 9.17) is 4.74 Å². The molecule has 1 aliphatic heterocycles. The van der Waals surface area contributed by atoms with Gasteiger partial charge in [0, 0.05) is 26.2 Å². The maximum Gasteiger partial charge on any atom is 0.314 e. The van der Waals surface area contributed by atoms with E-state index in [-0.39, 0.29) is 24.1 Å². The molecule has 0 saturated carbocycles. The van der Waals surface area contributed by atoms with E-state index in [2.05, 4.69) is 10.6 Å². The molecule has 1 aromatic rings. The Kier molecular flexibility index (Phi) is 8.18. The lowest BCUT2D eigenvalue weighted by atomic mass is 10.00. The maximum absolute atomic E-state index is 13.0. The molecular weight excluding hydrogens is 389 g/mol. The fourth-order valence-corrected chi connectivity index (χ4v) is 4.42. The molecule has 0 aromatic heterocycles. The third kappa shape index (κ3) is 6.16. The van der Waals surface area contributed by atoms with Crippen LogP contribution in [0.5, 0.6) is 0 Å². The molecule has 28 heavy (non-hydrogen) atoms. The van der Waals surface area contributed by atoms with E-state index in [0.717, 1.165) is 12.1 Å². The number of hydrogen-bond donors (Lipinski definition) is 2. The van der Waals surface area contributed by atoms with E-state index in [1.165, 1.54) is 16.4 Å². The zero-order valence-corrected chi connectivity index (χ0v) is 16.6. The lowest BCUT2D eigenvalue weighted by Crippen LogP contribution is -2.42. The first-order valence-electron chi connectivity index (χ1n) is 9.28. The zero-order valence-electron chi connectivity index (χ0n) is 15.8. The van der Waals surface area contributed by atoms with Gasteiger partial charge < -0.3 is 15.4 Å². The fraction of sp³-hybridized carbons (Fsp3) is 0.556. The van der Waals surface area contributed by atoms with Gasteiger partial charge in [-0.25, -0.2) is 17.6 Å². The molecule has 1 aliphatic rings. The summed E-state index contributed by atoms with van der Waals surface area (Å²) in [5.74, 6) is -1.50. The SMILES string of the molecule is CCNC(=O)NCCCOC(=O)C1CCCN(S(=O)(=O)c2ccc(F)cc2)C1. The first-order valence-corrected chi connectivity index (χ1v) is 10.7. The van der Waals surface area contributed by atoms with Crippen molar-refractivity contribution in [3.8, 4) is 0 Å². The molecule has 1 aromatic carbocycles. The van der Waals surface area contributed by atoms with Crippen molar-refractivity contribution in [1.29, 1.82) is 0 Å². The van der Waals surface area contributed by atoms with Crippen molar-refractivity contribution in [2.24, 2.45) is 5.92 Å². The van der Waals surface area contributed by atoms with Crippen LogP contribution in [0.15, 0.2) is 29.2 Å². The van der Waals surface area contributed by atoms with Gasteiger partial charge >= 0.3 is 12.0 Å². The van der Waals surface area contributed by atoms with E-state index in [0.29, 0.717) is 38.9 Å². The second-order valence-electron chi connectivity index (χ2n) is 6.46. The molecule has 8 nitrogen and oxygen atoms in total. The van der Waals surface area contributed by atoms with Crippen molar-refractivity contribution in [1.82, 2.24) is 14.9 Å². The minimum absolute atomic E-state index is 0.000604. The summed E-state index contributed by atoms with van der Waals surface area (Å²) in [6.45, 7) is 3.20. The molecule has 1 atom stereocenters. The van der Waals surface area contributed by atoms with Crippen molar-refractivity contribution in [2.45, 2.75) is 31.1 Å². The van der Waals surface area contributed by atoms with Crippen molar-refractivity contribution in [3.63, 3.8) is 0 Å². The van der Waals surface area contributed by atoms with Crippen LogP contribution < -0.4 is 10.6 Å². The highest BCUT2D eigenvalue weighted by atomic mass is 32.2. The molecule has 156 valence electrons. The molecule has 0 spiro atoms. The lowest BCUT2D eigenvalue weighted by molar-refractivity contribution is -0.149. The van der Waals surface area contributed by atoms with Crippen LogP contribution in [0.2, 0.25) is 0 Å². The summed E-state index contributed by atoms with van der Waals surface area (Å²) in [6.07, 6.45) is 1.55. The van der Waals surface area contributed by atoms with Crippen LogP contribution in [0.25, 0.3) is 0 Å². The summed E-state index contributed by atoms with van der Waals surface area (Å²) >= 11 is 0. The third-order valence-corrected chi connectivity index (χ3v) is 6.24. The van der Waals surface area contributed by atoms with Crippen LogP contribution in [0, 0.1) is 11.7 Å². The molecule has 1 saturated heterocycles. The molecule has 2 rings (SSSR count). The summed E-state index contributed by atoms with van der Waals surface area (Å²) < 4.78 is 44.9. The number of nitrogens with one attached hydrogen (secondary N) is 2. The minimum atomic E-state index is -3.78. The van der Waals surface area contributed by atoms with Gasteiger partial charge in [-0.05, 0) is 50.5 Å². The number of piperidine rings is 1. The Morgan fingerprint density at radius 1 is 1.25 bits per heavy atom. The van der Waals surface area contributed by atoms with Crippen LogP contribution in [-0.4, -0.2) is 57.5 Å². The number of esters is 1. The Hall–Kier alpha value is -2.20. The molecule has 0 aliphatic carbocycles. The molecule has 1 heterocycles. The number of benzene rings is 1. The Balaban J connectivity index is 1.82. The van der Waals surface area contributed by atoms with Crippen LogP contribution in [0.1, 0.15) is 26.2 Å². The Morgan fingerprint density at radius 2 is 1.96 bits per heavy atom. The number of nitrogens with zero attached hydrogens (tertiary/aromatic N) is 1. The van der Waals surface area contributed by atoms with Crippen LogP contribution >= 0.6 is 0 Å². The number of hydrogen-bond acceptors (Lipinski definition) is 5. The van der Waals surface area contributed by atoms with Crippen LogP contribution in [0.4, 0.5) is 9.18 Å². The van der Waals surface area contributed by atoms with E-state index in [9.17, 15) is 22.4 Å². The zero-order chi connectivity index (χ0) is 20.6. The highest BCUT2D eigenvalue weighted by molar-refractivity contribution is 7.89. The summed E-state index contributed by atoms with van der Waals surface area (Å²) in [5.41, 5.74) is 0. The van der Waals surface area contributed by atoms with Crippen LogP contribution in [0.3, 0.4) is 0 Å². The van der Waals surface area contributed by atoms with Gasteiger partial charge in [0.1, 0.15) is 5.82 Å². The molecule has 2 amide bonds. The Morgan fingerprint density at radius 3 is 2.64 bits per heavy atom. The average molecular weight is 415 g/mol. The highest BCUT2D eigenvalue weighted by Crippen LogP contribution is 2.24. The van der Waals surface area contributed by atoms with Crippen molar-refractivity contribution >= 4 is 22.0 Å². The van der Waals surface area contributed by atoms with E-state index >= 15 is 0 Å². The monoisotopic (exact) mass is 415 g/mol. The van der Waals surface area contributed by atoms with Gasteiger partial charge in [0.05, 0.1) is 17.4 Å². The van der Waals surface area contributed by atoms with Gasteiger partial charge in [0.2, 0.25) is 10.0 Å². The number of sulfonamides is 1. The van der Waals surface area contributed by atoms with Crippen molar-refractivity contribution in [3.05, 3.63) is 30.1 Å². The lowest BCUT2D eigenvalue weighted by Gasteiger charge is -2.30. The van der Waals surface area contributed by atoms with E-state index in [1.54, 1.807) is 0 Å². The third-order valence-electron chi connectivity index (χ3n) is 4.36. The Labute approximate surface area is 164 Å². The highest BCUT2D eigenvalue weighted by Gasteiger charge is 2.34. The second kappa shape index (κ2) is 10.4. The molecule has 10 heteroatoms. The predicted molar refractivity (Wildman–Crippen MR) is 101 cm³/mol. The van der Waals surface area contributed by atoms with Crippen molar-refractivity contribution < 1.29 is 27.1 Å². The summed E-state index contributed by atoms with van der Waals surface area (Å²) in [5, 5.41) is 5.22. The van der Waals surface area contributed by atoms with Gasteiger partial charge in [-0.15, -0.1) is 0 Å². The number of carbonyl (C=O) groups excluding carboxylic acids is 2. The molecule has 2 N–H and O–H groups in total. The minimum Gasteiger partial charge on any atom is -0.465 e. The number of halogens is 1. The van der Waals surface area contributed by atoms with Gasteiger partial charge in [-0.2, -0.15) is 4.31 Å². The first kappa shape index (κ1) is 22.1. The molecule has 1 fully saturated rings. The number of ether oxygens (including phenoxy) is 1. The van der Waals surface area contributed by atoms with Crippen LogP contribution in [-0.2, 0) is 19.6 Å². The summed E-state index contributed by atoms with van der Waals surface area (Å²) in [6, 6.07) is 4.35. The maximum atomic E-state index is 13.0. The number of carbonyl (C=O) groups is 2. The quantitative estimate of drug-likeness (QED) is 0.494. The second-order valence-corrected chi connectivity index (χ2v) is 8.40. The standard InChI is InChI=1S/C18H26FN3O5S/c1-2-20-18(24)21-10-4-12-27-17(23)14-5-3-11-22(13-14)28(25,26)16-8-6-15(19)7-9-16/h6-9,14H,2-5,10-13H2,1H3,(H2,20,21,24). The average Bonchev–Trinajstić information content (AvgIpc) is 2.68.